The van der Waals surface area contributed by atoms with Crippen molar-refractivity contribution in [2.24, 2.45) is 5.73 Å². The lowest BCUT2D eigenvalue weighted by atomic mass is 10.1. The number of hydrogen-bond donors (Lipinski definition) is 2. The van der Waals surface area contributed by atoms with Gasteiger partial charge in [0, 0.05) is 25.1 Å². The number of methoxy groups -OCH3 is 1. The molecule has 1 heterocycles. The number of pyridine rings is 1. The molecule has 0 radical (unpaired) electrons. The van der Waals surface area contributed by atoms with Gasteiger partial charge in [-0.2, -0.15) is 0 Å². The number of rotatable bonds is 3. The third-order valence-electron chi connectivity index (χ3n) is 1.61. The first-order valence-corrected chi connectivity index (χ1v) is 3.62. The van der Waals surface area contributed by atoms with Gasteiger partial charge in [0.25, 0.3) is 0 Å². The Morgan fingerprint density at radius 1 is 1.67 bits per heavy atom. The molecule has 0 unspecified atom stereocenters. The van der Waals surface area contributed by atoms with Crippen LogP contribution in [0.4, 0.5) is 0 Å². The van der Waals surface area contributed by atoms with Crippen molar-refractivity contribution in [1.82, 2.24) is 4.98 Å². The van der Waals surface area contributed by atoms with Crippen LogP contribution in [0, 0.1) is 0 Å². The van der Waals surface area contributed by atoms with E-state index in [1.54, 1.807) is 24.5 Å². The van der Waals surface area contributed by atoms with Crippen molar-refractivity contribution in [2.75, 3.05) is 7.11 Å². The van der Waals surface area contributed by atoms with E-state index < -0.39 is 12.3 Å². The number of nitrogens with zero attached hydrogens (tertiary/aromatic N) is 1. The van der Waals surface area contributed by atoms with Gasteiger partial charge in [-0.15, -0.1) is 0 Å². The average molecular weight is 168 g/mol. The highest BCUT2D eigenvalue weighted by Gasteiger charge is 2.15. The van der Waals surface area contributed by atoms with Gasteiger partial charge in [-0.25, -0.2) is 0 Å². The Morgan fingerprint density at radius 3 is 2.92 bits per heavy atom. The molecule has 66 valence electrons. The molecule has 0 saturated heterocycles. The van der Waals surface area contributed by atoms with Crippen molar-refractivity contribution < 1.29 is 9.84 Å². The van der Waals surface area contributed by atoms with Crippen LogP contribution in [0.3, 0.4) is 0 Å². The number of ether oxygens (including phenoxy) is 1. The molecule has 2 atom stereocenters. The molecule has 3 N–H and O–H groups in total. The summed E-state index contributed by atoms with van der Waals surface area (Å²) >= 11 is 0. The lowest BCUT2D eigenvalue weighted by molar-refractivity contribution is -0.00913. The topological polar surface area (TPSA) is 68.4 Å². The van der Waals surface area contributed by atoms with Gasteiger partial charge in [-0.05, 0) is 6.07 Å². The van der Waals surface area contributed by atoms with Crippen LogP contribution in [-0.2, 0) is 4.74 Å². The standard InChI is InChI=1S/C8H12N2O2/c1-12-8(9)7(11)6-3-2-4-10-5-6/h2-5,7-8,11H,9H2,1H3/t7-,8-/m1/s1. The molecule has 1 rings (SSSR count). The van der Waals surface area contributed by atoms with Crippen molar-refractivity contribution in [3.05, 3.63) is 30.1 Å². The number of aliphatic hydroxyl groups excluding tert-OH is 1. The van der Waals surface area contributed by atoms with Crippen LogP contribution in [0.15, 0.2) is 24.5 Å². The van der Waals surface area contributed by atoms with E-state index >= 15 is 0 Å². The molecular weight excluding hydrogens is 156 g/mol. The monoisotopic (exact) mass is 168 g/mol. The summed E-state index contributed by atoms with van der Waals surface area (Å²) in [5, 5.41) is 9.50. The van der Waals surface area contributed by atoms with Crippen LogP contribution in [0.5, 0.6) is 0 Å². The third kappa shape index (κ3) is 2.01. The average Bonchev–Trinajstić information content (AvgIpc) is 2.17. The fourth-order valence-corrected chi connectivity index (χ4v) is 0.870. The molecular formula is C8H12N2O2. The van der Waals surface area contributed by atoms with E-state index in [1.165, 1.54) is 7.11 Å². The third-order valence-corrected chi connectivity index (χ3v) is 1.61. The van der Waals surface area contributed by atoms with Gasteiger partial charge in [-0.3, -0.25) is 4.98 Å². The molecule has 1 aromatic heterocycles. The van der Waals surface area contributed by atoms with Crippen LogP contribution in [0.2, 0.25) is 0 Å². The van der Waals surface area contributed by atoms with E-state index in [9.17, 15) is 5.11 Å². The SMILES string of the molecule is CO[C@@H](N)[C@H](O)c1cccnc1. The molecule has 4 heteroatoms. The van der Waals surface area contributed by atoms with Gasteiger partial charge in [0.15, 0.2) is 0 Å². The number of aromatic nitrogens is 1. The zero-order valence-electron chi connectivity index (χ0n) is 6.84. The summed E-state index contributed by atoms with van der Waals surface area (Å²) in [7, 11) is 1.45. The summed E-state index contributed by atoms with van der Waals surface area (Å²) < 4.78 is 4.77. The maximum atomic E-state index is 9.50. The zero-order chi connectivity index (χ0) is 8.97. The molecule has 4 nitrogen and oxygen atoms in total. The molecule has 1 aromatic rings. The minimum atomic E-state index is -0.816. The van der Waals surface area contributed by atoms with E-state index in [0.29, 0.717) is 5.56 Å². The Kier molecular flexibility index (Phi) is 3.16. The highest BCUT2D eigenvalue weighted by molar-refractivity contribution is 5.12. The van der Waals surface area contributed by atoms with Gasteiger partial charge in [0.1, 0.15) is 12.3 Å². The largest absolute Gasteiger partial charge is 0.384 e. The minimum Gasteiger partial charge on any atom is -0.384 e. The molecule has 0 aliphatic rings. The molecule has 0 bridgehead atoms. The number of aliphatic hydroxyl groups is 1. The first-order valence-electron chi connectivity index (χ1n) is 3.62. The van der Waals surface area contributed by atoms with Crippen LogP contribution in [-0.4, -0.2) is 23.4 Å². The van der Waals surface area contributed by atoms with Crippen molar-refractivity contribution in [3.8, 4) is 0 Å². The van der Waals surface area contributed by atoms with Crippen molar-refractivity contribution in [1.29, 1.82) is 0 Å². The van der Waals surface area contributed by atoms with Crippen molar-refractivity contribution in [2.45, 2.75) is 12.3 Å². The van der Waals surface area contributed by atoms with E-state index in [4.69, 9.17) is 10.5 Å². The van der Waals surface area contributed by atoms with Crippen molar-refractivity contribution in [3.63, 3.8) is 0 Å². The molecule has 12 heavy (non-hydrogen) atoms. The predicted molar refractivity (Wildman–Crippen MR) is 44.2 cm³/mol. The highest BCUT2D eigenvalue weighted by atomic mass is 16.5. The number of nitrogens with two attached hydrogens (primary N) is 1. The summed E-state index contributed by atoms with van der Waals surface area (Å²) in [5.74, 6) is 0. The molecule has 0 spiro atoms. The lowest BCUT2D eigenvalue weighted by Crippen LogP contribution is -2.30. The summed E-state index contributed by atoms with van der Waals surface area (Å²) in [5.41, 5.74) is 6.11. The van der Waals surface area contributed by atoms with E-state index in [0.717, 1.165) is 0 Å². The summed E-state index contributed by atoms with van der Waals surface area (Å²) in [6.45, 7) is 0. The Labute approximate surface area is 71.0 Å². The van der Waals surface area contributed by atoms with Gasteiger partial charge in [0.05, 0.1) is 0 Å². The summed E-state index contributed by atoms with van der Waals surface area (Å²) in [4.78, 5) is 3.85. The fourth-order valence-electron chi connectivity index (χ4n) is 0.870. The summed E-state index contributed by atoms with van der Waals surface area (Å²) in [6, 6.07) is 3.48. The quantitative estimate of drug-likeness (QED) is 0.625. The first-order chi connectivity index (χ1) is 5.75. The second-order valence-corrected chi connectivity index (χ2v) is 2.43. The summed E-state index contributed by atoms with van der Waals surface area (Å²) in [6.07, 6.45) is 1.68. The molecule has 0 saturated carbocycles. The van der Waals surface area contributed by atoms with E-state index in [2.05, 4.69) is 4.98 Å². The minimum absolute atomic E-state index is 0.659. The Bertz CT molecular complexity index is 228. The molecule has 0 aliphatic heterocycles. The molecule has 0 fully saturated rings. The van der Waals surface area contributed by atoms with Gasteiger partial charge >= 0.3 is 0 Å². The van der Waals surface area contributed by atoms with Crippen LogP contribution in [0.25, 0.3) is 0 Å². The maximum absolute atomic E-state index is 9.50. The number of hydrogen-bond acceptors (Lipinski definition) is 4. The first kappa shape index (κ1) is 9.12. The molecule has 0 amide bonds. The Hall–Kier alpha value is -0.970. The maximum Gasteiger partial charge on any atom is 0.135 e. The Balaban J connectivity index is 2.71. The van der Waals surface area contributed by atoms with Crippen LogP contribution < -0.4 is 5.73 Å². The van der Waals surface area contributed by atoms with E-state index in [-0.39, 0.29) is 0 Å². The lowest BCUT2D eigenvalue weighted by Gasteiger charge is -2.16. The second kappa shape index (κ2) is 4.15. The van der Waals surface area contributed by atoms with Crippen molar-refractivity contribution >= 4 is 0 Å². The predicted octanol–water partition coefficient (Wildman–Crippen LogP) is 0.0462. The second-order valence-electron chi connectivity index (χ2n) is 2.43. The van der Waals surface area contributed by atoms with Gasteiger partial charge in [-0.1, -0.05) is 6.07 Å². The molecule has 0 aromatic carbocycles. The Morgan fingerprint density at radius 2 is 2.42 bits per heavy atom. The zero-order valence-corrected chi connectivity index (χ0v) is 6.84. The highest BCUT2D eigenvalue weighted by Crippen LogP contribution is 2.13. The van der Waals surface area contributed by atoms with Gasteiger partial charge in [0.2, 0.25) is 0 Å². The molecule has 0 aliphatic carbocycles. The van der Waals surface area contributed by atoms with Crippen LogP contribution in [0.1, 0.15) is 11.7 Å². The van der Waals surface area contributed by atoms with Gasteiger partial charge < -0.3 is 15.6 Å². The van der Waals surface area contributed by atoms with E-state index in [1.807, 2.05) is 0 Å². The normalized spacial score (nSPS) is 15.6. The fraction of sp³-hybridized carbons (Fsp3) is 0.375. The smallest absolute Gasteiger partial charge is 0.135 e. The van der Waals surface area contributed by atoms with Crippen LogP contribution >= 0.6 is 0 Å².